The number of benzene rings is 1. The molecule has 2 atom stereocenters. The highest BCUT2D eigenvalue weighted by atomic mass is 35.5. The molecule has 1 aliphatic heterocycles. The molecule has 1 aliphatic rings. The average Bonchev–Trinajstić information content (AvgIpc) is 2.39. The van der Waals surface area contributed by atoms with Crippen molar-refractivity contribution in [2.24, 2.45) is 0 Å². The van der Waals surface area contributed by atoms with E-state index in [1.54, 1.807) is 18.2 Å². The van der Waals surface area contributed by atoms with Crippen LogP contribution in [0.4, 0.5) is 0 Å². The quantitative estimate of drug-likeness (QED) is 0.759. The summed E-state index contributed by atoms with van der Waals surface area (Å²) in [6.07, 6.45) is -0.636. The van der Waals surface area contributed by atoms with Crippen LogP contribution in [0.15, 0.2) is 18.2 Å². The Balaban J connectivity index is 2.39. The van der Waals surface area contributed by atoms with Gasteiger partial charge in [-0.15, -0.1) is 0 Å². The Morgan fingerprint density at radius 2 is 1.75 bits per heavy atom. The molecule has 1 aromatic rings. The molecule has 0 unspecified atom stereocenters. The van der Waals surface area contributed by atoms with Gasteiger partial charge < -0.3 is 9.47 Å². The lowest BCUT2D eigenvalue weighted by Crippen LogP contribution is -2.20. The van der Waals surface area contributed by atoms with Crippen molar-refractivity contribution in [1.29, 1.82) is 0 Å². The zero-order chi connectivity index (χ0) is 11.9. The summed E-state index contributed by atoms with van der Waals surface area (Å²) in [5.41, 5.74) is 0.747. The van der Waals surface area contributed by atoms with Crippen LogP contribution in [0, 0.1) is 6.92 Å². The predicted molar refractivity (Wildman–Crippen MR) is 64.6 cm³/mol. The van der Waals surface area contributed by atoms with Crippen LogP contribution in [-0.4, -0.2) is 11.9 Å². The highest BCUT2D eigenvalue weighted by Gasteiger charge is 2.41. The van der Waals surface area contributed by atoms with Gasteiger partial charge >= 0.3 is 0 Å². The summed E-state index contributed by atoms with van der Waals surface area (Å²) in [5.74, 6) is -0.653. The van der Waals surface area contributed by atoms with Crippen LogP contribution in [-0.2, 0) is 9.47 Å². The van der Waals surface area contributed by atoms with Crippen molar-refractivity contribution < 1.29 is 9.47 Å². The van der Waals surface area contributed by atoms with Crippen LogP contribution in [0.25, 0.3) is 0 Å². The molecule has 0 amide bonds. The third kappa shape index (κ3) is 2.21. The van der Waals surface area contributed by atoms with E-state index in [1.807, 2.05) is 13.8 Å². The Bertz CT molecular complexity index is 384. The molecule has 2 nitrogen and oxygen atoms in total. The summed E-state index contributed by atoms with van der Waals surface area (Å²) >= 11 is 12.2. The smallest absolute Gasteiger partial charge is 0.164 e. The van der Waals surface area contributed by atoms with Gasteiger partial charge in [0.2, 0.25) is 0 Å². The first-order valence-corrected chi connectivity index (χ1v) is 5.79. The van der Waals surface area contributed by atoms with E-state index in [0.717, 1.165) is 5.56 Å². The lowest BCUT2D eigenvalue weighted by atomic mass is 10.1. The Kier molecular flexibility index (Phi) is 3.19. The van der Waals surface area contributed by atoms with Gasteiger partial charge in [-0.25, -0.2) is 0 Å². The largest absolute Gasteiger partial charge is 0.344 e. The van der Waals surface area contributed by atoms with Gasteiger partial charge in [-0.2, -0.15) is 0 Å². The Labute approximate surface area is 105 Å². The Hall–Kier alpha value is -0.280. The van der Waals surface area contributed by atoms with E-state index in [9.17, 15) is 0 Å². The maximum absolute atomic E-state index is 6.12. The number of hydrogen-bond acceptors (Lipinski definition) is 2. The van der Waals surface area contributed by atoms with Crippen LogP contribution in [0.3, 0.4) is 0 Å². The molecule has 16 heavy (non-hydrogen) atoms. The van der Waals surface area contributed by atoms with Crippen molar-refractivity contribution in [2.75, 3.05) is 0 Å². The molecular weight excluding hydrogens is 247 g/mol. The molecule has 1 aromatic carbocycles. The third-order valence-electron chi connectivity index (χ3n) is 2.47. The zero-order valence-electron chi connectivity index (χ0n) is 9.17. The fourth-order valence-corrected chi connectivity index (χ4v) is 2.48. The predicted octanol–water partition coefficient (Wildman–Crippen LogP) is 4.02. The first kappa shape index (κ1) is 12.2. The van der Waals surface area contributed by atoms with E-state index in [1.165, 1.54) is 0 Å². The van der Waals surface area contributed by atoms with Gasteiger partial charge in [-0.05, 0) is 32.9 Å². The minimum absolute atomic E-state index is 0.313. The molecule has 0 bridgehead atoms. The zero-order valence-corrected chi connectivity index (χ0v) is 10.7. The number of ether oxygens (including phenoxy) is 2. The summed E-state index contributed by atoms with van der Waals surface area (Å²) in [6.45, 7) is 7.60. The summed E-state index contributed by atoms with van der Waals surface area (Å²) in [5, 5.41) is 1.15. The third-order valence-corrected chi connectivity index (χ3v) is 3.13. The summed E-state index contributed by atoms with van der Waals surface area (Å²) in [7, 11) is 0. The van der Waals surface area contributed by atoms with Crippen molar-refractivity contribution in [3.05, 3.63) is 40.7 Å². The topological polar surface area (TPSA) is 18.5 Å². The minimum atomic E-state index is -0.653. The number of halogens is 2. The minimum Gasteiger partial charge on any atom is -0.344 e. The van der Waals surface area contributed by atoms with Gasteiger partial charge in [0.05, 0.1) is 6.10 Å². The van der Waals surface area contributed by atoms with Gasteiger partial charge in [0.25, 0.3) is 0 Å². The van der Waals surface area contributed by atoms with Gasteiger partial charge in [0.1, 0.15) is 6.10 Å². The second-order valence-corrected chi connectivity index (χ2v) is 5.04. The van der Waals surface area contributed by atoms with Crippen LogP contribution < -0.4 is 0 Å². The first-order valence-electron chi connectivity index (χ1n) is 5.03. The Morgan fingerprint density at radius 1 is 1.19 bits per heavy atom. The molecule has 1 fully saturated rings. The van der Waals surface area contributed by atoms with Crippen molar-refractivity contribution in [3.63, 3.8) is 0 Å². The maximum atomic E-state index is 6.12. The fraction of sp³-hybridized carbons (Fsp3) is 0.417. The normalized spacial score (nSPS) is 28.3. The van der Waals surface area contributed by atoms with E-state index >= 15 is 0 Å². The van der Waals surface area contributed by atoms with Crippen LogP contribution in [0.1, 0.15) is 25.5 Å². The summed E-state index contributed by atoms with van der Waals surface area (Å²) in [6, 6.07) is 5.36. The molecule has 0 saturated carbocycles. The van der Waals surface area contributed by atoms with Gasteiger partial charge in [0, 0.05) is 15.6 Å². The van der Waals surface area contributed by atoms with E-state index in [-0.39, 0.29) is 12.2 Å². The molecule has 1 radical (unpaired) electrons. The fourth-order valence-electron chi connectivity index (χ4n) is 1.86. The number of rotatable bonds is 1. The van der Waals surface area contributed by atoms with Gasteiger partial charge in [-0.3, -0.25) is 0 Å². The van der Waals surface area contributed by atoms with Crippen LogP contribution in [0.2, 0.25) is 10.0 Å². The number of hydrogen-bond donors (Lipinski definition) is 0. The standard InChI is InChI=1S/C12H13Cl2O2/c1-7-11(16-12(2,3)15-7)10-8(13)5-4-6-9(10)14/h4-7,11H,1H2,2-3H3/t7-,11+/m0/s1. The lowest BCUT2D eigenvalue weighted by Gasteiger charge is -2.18. The Morgan fingerprint density at radius 3 is 2.19 bits per heavy atom. The molecule has 1 saturated heterocycles. The first-order chi connectivity index (χ1) is 7.41. The van der Waals surface area contributed by atoms with Gasteiger partial charge in [0.15, 0.2) is 5.79 Å². The van der Waals surface area contributed by atoms with E-state index in [0.29, 0.717) is 10.0 Å². The molecule has 0 spiro atoms. The molecule has 1 heterocycles. The second kappa shape index (κ2) is 4.19. The van der Waals surface area contributed by atoms with Gasteiger partial charge in [-0.1, -0.05) is 29.3 Å². The highest BCUT2D eigenvalue weighted by molar-refractivity contribution is 6.36. The average molecular weight is 260 g/mol. The molecule has 0 aliphatic carbocycles. The van der Waals surface area contributed by atoms with Crippen molar-refractivity contribution in [2.45, 2.75) is 31.8 Å². The van der Waals surface area contributed by atoms with Crippen molar-refractivity contribution in [1.82, 2.24) is 0 Å². The van der Waals surface area contributed by atoms with Crippen molar-refractivity contribution >= 4 is 23.2 Å². The molecule has 4 heteroatoms. The van der Waals surface area contributed by atoms with Crippen LogP contribution >= 0.6 is 23.2 Å². The SMILES string of the molecule is [CH2][C@@H]1OC(C)(C)O[C@H]1c1c(Cl)cccc1Cl. The lowest BCUT2D eigenvalue weighted by molar-refractivity contribution is -0.143. The van der Waals surface area contributed by atoms with Crippen molar-refractivity contribution in [3.8, 4) is 0 Å². The monoisotopic (exact) mass is 259 g/mol. The van der Waals surface area contributed by atoms with E-state index in [4.69, 9.17) is 32.7 Å². The second-order valence-electron chi connectivity index (χ2n) is 4.23. The van der Waals surface area contributed by atoms with Crippen LogP contribution in [0.5, 0.6) is 0 Å². The maximum Gasteiger partial charge on any atom is 0.164 e. The highest BCUT2D eigenvalue weighted by Crippen LogP contribution is 2.42. The summed E-state index contributed by atoms with van der Waals surface area (Å²) < 4.78 is 11.3. The summed E-state index contributed by atoms with van der Waals surface area (Å²) in [4.78, 5) is 0. The molecule has 0 N–H and O–H groups in total. The molecule has 87 valence electrons. The molecule has 2 rings (SSSR count). The van der Waals surface area contributed by atoms with E-state index in [2.05, 4.69) is 6.92 Å². The molecule has 0 aromatic heterocycles. The molecular formula is C12H13Cl2O2. The van der Waals surface area contributed by atoms with E-state index < -0.39 is 5.79 Å².